The van der Waals surface area contributed by atoms with Gasteiger partial charge in [-0.15, -0.1) is 12.4 Å². The van der Waals surface area contributed by atoms with E-state index in [-0.39, 0.29) is 85.3 Å². The van der Waals surface area contributed by atoms with Crippen molar-refractivity contribution >= 4 is 75.0 Å². The average Bonchev–Trinajstić information content (AvgIpc) is 3.59. The van der Waals surface area contributed by atoms with Crippen molar-refractivity contribution in [2.45, 2.75) is 23.9 Å². The molecule has 3 fully saturated rings. The van der Waals surface area contributed by atoms with Crippen LogP contribution in [0.1, 0.15) is 35.7 Å². The zero-order valence-corrected chi connectivity index (χ0v) is 34.7. The summed E-state index contributed by atoms with van der Waals surface area (Å²) in [4.78, 5) is 40.5. The maximum absolute atomic E-state index is 15.1. The first-order chi connectivity index (χ1) is 26.5. The first-order valence-electron chi connectivity index (χ1n) is 18.3. The van der Waals surface area contributed by atoms with Crippen LogP contribution >= 0.6 is 47.2 Å². The molecule has 13 nitrogen and oxygen atoms in total. The van der Waals surface area contributed by atoms with Crippen LogP contribution in [0.3, 0.4) is 0 Å². The molecule has 4 aliphatic heterocycles. The summed E-state index contributed by atoms with van der Waals surface area (Å²) < 4.78 is 46.5. The van der Waals surface area contributed by atoms with E-state index in [4.69, 9.17) is 54.0 Å². The number of carbonyl (C=O) groups excluding carboxylic acids is 2. The first kappa shape index (κ1) is 42.4. The molecular formula is C38H44Cl4N6O7S. The molecule has 0 N–H and O–H groups in total. The minimum absolute atomic E-state index is 0. The number of piperazine rings is 1. The van der Waals surface area contributed by atoms with Crippen LogP contribution in [0.25, 0.3) is 0 Å². The van der Waals surface area contributed by atoms with Crippen molar-refractivity contribution in [1.29, 1.82) is 0 Å². The highest BCUT2D eigenvalue weighted by atomic mass is 35.5. The number of benzene rings is 3. The molecule has 0 bridgehead atoms. The van der Waals surface area contributed by atoms with Gasteiger partial charge in [-0.25, -0.2) is 13.2 Å². The van der Waals surface area contributed by atoms with Crippen LogP contribution in [0, 0.1) is 0 Å². The zero-order valence-electron chi connectivity index (χ0n) is 30.8. The number of ether oxygens (including phenoxy) is 3. The zero-order chi connectivity index (χ0) is 38.7. The fourth-order valence-corrected chi connectivity index (χ4v) is 9.49. The van der Waals surface area contributed by atoms with Crippen LogP contribution < -0.4 is 4.74 Å². The molecule has 0 aliphatic carbocycles. The van der Waals surface area contributed by atoms with Gasteiger partial charge in [-0.05, 0) is 48.4 Å². The van der Waals surface area contributed by atoms with Crippen LogP contribution in [0.5, 0.6) is 5.75 Å². The number of morpholine rings is 2. The summed E-state index contributed by atoms with van der Waals surface area (Å²) in [5.41, 5.74) is 1.85. The van der Waals surface area contributed by atoms with Crippen molar-refractivity contribution in [2.75, 3.05) is 91.9 Å². The number of hydrogen-bond acceptors (Lipinski definition) is 9. The highest BCUT2D eigenvalue weighted by Gasteiger charge is 2.46. The van der Waals surface area contributed by atoms with E-state index in [1.54, 1.807) is 34.1 Å². The van der Waals surface area contributed by atoms with E-state index >= 15 is 4.79 Å². The van der Waals surface area contributed by atoms with Crippen LogP contribution in [0.2, 0.25) is 15.1 Å². The number of halogens is 4. The first-order valence-corrected chi connectivity index (χ1v) is 20.9. The van der Waals surface area contributed by atoms with Gasteiger partial charge in [0.25, 0.3) is 0 Å². The Morgan fingerprint density at radius 2 is 1.36 bits per heavy atom. The van der Waals surface area contributed by atoms with E-state index in [9.17, 15) is 13.2 Å². The molecule has 0 aromatic heterocycles. The summed E-state index contributed by atoms with van der Waals surface area (Å²) in [7, 11) is -4.08. The summed E-state index contributed by atoms with van der Waals surface area (Å²) in [6.07, 6.45) is 0. The largest absolute Gasteiger partial charge is 0.493 e. The van der Waals surface area contributed by atoms with E-state index in [1.165, 1.54) is 16.4 Å². The molecule has 3 saturated heterocycles. The molecule has 3 aromatic rings. The minimum Gasteiger partial charge on any atom is -0.493 e. The van der Waals surface area contributed by atoms with Gasteiger partial charge in [0.05, 0.1) is 56.2 Å². The minimum atomic E-state index is -4.08. The molecule has 0 radical (unpaired) electrons. The Bertz CT molecular complexity index is 2010. The van der Waals surface area contributed by atoms with Crippen molar-refractivity contribution in [2.24, 2.45) is 4.99 Å². The molecule has 4 heterocycles. The van der Waals surface area contributed by atoms with Crippen molar-refractivity contribution < 1.29 is 32.2 Å². The van der Waals surface area contributed by atoms with E-state index in [0.29, 0.717) is 68.1 Å². The summed E-state index contributed by atoms with van der Waals surface area (Å²) in [5.74, 6) is 0.552. The summed E-state index contributed by atoms with van der Waals surface area (Å²) in [6.45, 7) is 7.05. The number of urea groups is 1. The molecule has 2 atom stereocenters. The van der Waals surface area contributed by atoms with Crippen LogP contribution in [0.15, 0.2) is 70.6 Å². The molecule has 7 rings (SSSR count). The second-order valence-electron chi connectivity index (χ2n) is 13.6. The van der Waals surface area contributed by atoms with Crippen LogP contribution in [-0.2, 0) is 24.3 Å². The summed E-state index contributed by atoms with van der Waals surface area (Å²) >= 11 is 19.4. The molecule has 0 spiro atoms. The number of amides is 3. The van der Waals surface area contributed by atoms with Crippen molar-refractivity contribution in [3.05, 3.63) is 92.4 Å². The highest BCUT2D eigenvalue weighted by Crippen LogP contribution is 2.46. The number of rotatable bonds is 9. The Morgan fingerprint density at radius 1 is 0.786 bits per heavy atom. The lowest BCUT2D eigenvalue weighted by Gasteiger charge is -2.39. The number of hydrogen-bond donors (Lipinski definition) is 0. The Hall–Kier alpha value is -3.18. The van der Waals surface area contributed by atoms with Crippen LogP contribution in [0.4, 0.5) is 4.79 Å². The third-order valence-electron chi connectivity index (χ3n) is 10.2. The summed E-state index contributed by atoms with van der Waals surface area (Å²) in [5, 5.41) is 1.06. The van der Waals surface area contributed by atoms with Gasteiger partial charge in [-0.1, -0.05) is 59.1 Å². The monoisotopic (exact) mass is 868 g/mol. The van der Waals surface area contributed by atoms with Crippen LogP contribution in [-0.4, -0.2) is 142 Å². The smallest absolute Gasteiger partial charge is 0.326 e. The number of nitrogens with zero attached hydrogens (tertiary/aromatic N) is 6. The lowest BCUT2D eigenvalue weighted by Crippen LogP contribution is -2.56. The average molecular weight is 871 g/mol. The fraction of sp³-hybridized carbons (Fsp3) is 0.447. The Kier molecular flexibility index (Phi) is 14.1. The quantitative estimate of drug-likeness (QED) is 0.271. The third-order valence-corrected chi connectivity index (χ3v) is 13.1. The molecule has 0 unspecified atom stereocenters. The van der Waals surface area contributed by atoms with E-state index in [2.05, 4.69) is 4.90 Å². The Morgan fingerprint density at radius 3 is 1.95 bits per heavy atom. The Labute approximate surface area is 348 Å². The maximum atomic E-state index is 15.1. The standard InChI is InChI=1S/C38H43Cl3N6O7S.ClH/c1-2-54-32-24-31(41)33(55(50,51)46-17-21-53-22-18-46)23-30(32)37-42-35(26-3-7-28(39)8-4-26)36(27-5-9-29(40)10-6-27)47(37)38(49)45-13-11-43(12-14-45)25-34(48)44-15-19-52-20-16-44;/h3-10,23-24,35-36H,2,11-22,25H2,1H3;1H/t35-,36+;/m0./s1. The van der Waals surface area contributed by atoms with Gasteiger partial charge in [0.2, 0.25) is 15.9 Å². The second-order valence-corrected chi connectivity index (χ2v) is 16.8. The lowest BCUT2D eigenvalue weighted by atomic mass is 9.93. The molecule has 18 heteroatoms. The SMILES string of the molecule is CCOc1cc(Cl)c(S(=O)(=O)N2CCOCC2)cc1C1=N[C@@H](c2ccc(Cl)cc2)[C@@H](c2ccc(Cl)cc2)N1C(=O)N1CCN(CC(=O)N2CCOCC2)CC1.Cl. The molecule has 0 saturated carbocycles. The summed E-state index contributed by atoms with van der Waals surface area (Å²) in [6, 6.07) is 15.9. The van der Waals surface area contributed by atoms with Crippen molar-refractivity contribution in [3.8, 4) is 5.75 Å². The second kappa shape index (κ2) is 18.6. The van der Waals surface area contributed by atoms with Gasteiger partial charge in [0, 0.05) is 68.5 Å². The van der Waals surface area contributed by atoms with Gasteiger partial charge >= 0.3 is 6.03 Å². The lowest BCUT2D eigenvalue weighted by molar-refractivity contribution is -0.136. The van der Waals surface area contributed by atoms with Gasteiger partial charge < -0.3 is 24.0 Å². The van der Waals surface area contributed by atoms with Gasteiger partial charge in [-0.2, -0.15) is 4.31 Å². The molecule has 4 aliphatic rings. The van der Waals surface area contributed by atoms with E-state index in [0.717, 1.165) is 11.1 Å². The predicted molar refractivity (Wildman–Crippen MR) is 217 cm³/mol. The maximum Gasteiger partial charge on any atom is 0.326 e. The molecule has 56 heavy (non-hydrogen) atoms. The predicted octanol–water partition coefficient (Wildman–Crippen LogP) is 5.63. The normalized spacial score (nSPS) is 21.1. The molecule has 302 valence electrons. The number of aliphatic imine (C=N–C) groups is 1. The number of sulfonamides is 1. The van der Waals surface area contributed by atoms with Crippen molar-refractivity contribution in [3.63, 3.8) is 0 Å². The number of carbonyl (C=O) groups is 2. The number of amidine groups is 1. The fourth-order valence-electron chi connectivity index (χ4n) is 7.32. The third kappa shape index (κ3) is 9.09. The molecule has 3 amide bonds. The van der Waals surface area contributed by atoms with Gasteiger partial charge in [-0.3, -0.25) is 19.6 Å². The van der Waals surface area contributed by atoms with E-state index in [1.807, 2.05) is 36.1 Å². The van der Waals surface area contributed by atoms with E-state index < -0.39 is 22.1 Å². The highest BCUT2D eigenvalue weighted by molar-refractivity contribution is 7.89. The molecule has 3 aromatic carbocycles. The Balaban J connectivity index is 0.00000532. The topological polar surface area (TPSA) is 125 Å². The van der Waals surface area contributed by atoms with Gasteiger partial charge in [0.1, 0.15) is 22.5 Å². The van der Waals surface area contributed by atoms with Crippen molar-refractivity contribution in [1.82, 2.24) is 23.9 Å². The van der Waals surface area contributed by atoms with Gasteiger partial charge in [0.15, 0.2) is 0 Å². The molecular weight excluding hydrogens is 826 g/mol.